The van der Waals surface area contributed by atoms with Gasteiger partial charge >= 0.3 is 0 Å². The molecule has 1 amide bonds. The van der Waals surface area contributed by atoms with Crippen molar-refractivity contribution in [2.24, 2.45) is 0 Å². The first kappa shape index (κ1) is 60.9. The van der Waals surface area contributed by atoms with Crippen LogP contribution in [0.2, 0.25) is 0 Å². The summed E-state index contributed by atoms with van der Waals surface area (Å²) in [5.74, 6) is -0.171. The van der Waals surface area contributed by atoms with Crippen LogP contribution >= 0.6 is 0 Å². The second kappa shape index (κ2) is 45.7. The van der Waals surface area contributed by atoms with Crippen LogP contribution in [0, 0.1) is 0 Å². The number of aliphatic hydroxyl groups is 5. The van der Waals surface area contributed by atoms with E-state index in [1.54, 1.807) is 6.08 Å². The number of allylic oxidation sites excluding steroid dienone is 1. The molecule has 1 rings (SSSR count). The Morgan fingerprint density at radius 2 is 0.859 bits per heavy atom. The molecule has 7 unspecified atom stereocenters. The molecule has 1 heterocycles. The van der Waals surface area contributed by atoms with Gasteiger partial charge in [-0.3, -0.25) is 4.79 Å². The zero-order valence-corrected chi connectivity index (χ0v) is 42.1. The van der Waals surface area contributed by atoms with Crippen LogP contribution in [0.3, 0.4) is 0 Å². The van der Waals surface area contributed by atoms with Gasteiger partial charge in [0.1, 0.15) is 24.4 Å². The predicted octanol–water partition coefficient (Wildman–Crippen LogP) is 13.2. The fourth-order valence-electron chi connectivity index (χ4n) is 9.16. The third kappa shape index (κ3) is 35.1. The number of hydrogen-bond acceptors (Lipinski definition) is 8. The molecule has 1 saturated heterocycles. The smallest absolute Gasteiger partial charge is 0.220 e. The number of ether oxygens (including phenoxy) is 2. The summed E-state index contributed by atoms with van der Waals surface area (Å²) in [5, 5.41) is 54.3. The number of nitrogens with one attached hydrogen (secondary N) is 1. The van der Waals surface area contributed by atoms with E-state index in [-0.39, 0.29) is 12.5 Å². The molecule has 0 bridgehead atoms. The van der Waals surface area contributed by atoms with E-state index in [0.717, 1.165) is 38.5 Å². The molecular formula is C55H107NO8. The number of hydrogen-bond donors (Lipinski definition) is 6. The Kier molecular flexibility index (Phi) is 43.5. The monoisotopic (exact) mass is 910 g/mol. The van der Waals surface area contributed by atoms with Gasteiger partial charge in [0.15, 0.2) is 6.29 Å². The zero-order chi connectivity index (χ0) is 46.6. The van der Waals surface area contributed by atoms with Crippen LogP contribution in [0.25, 0.3) is 0 Å². The van der Waals surface area contributed by atoms with E-state index in [1.807, 2.05) is 6.08 Å². The molecule has 0 aromatic rings. The van der Waals surface area contributed by atoms with Crippen LogP contribution in [0.4, 0.5) is 0 Å². The third-order valence-electron chi connectivity index (χ3n) is 13.6. The van der Waals surface area contributed by atoms with Crippen molar-refractivity contribution in [2.75, 3.05) is 13.2 Å². The molecule has 1 fully saturated rings. The van der Waals surface area contributed by atoms with Gasteiger partial charge in [0.05, 0.1) is 25.4 Å². The lowest BCUT2D eigenvalue weighted by atomic mass is 9.99. The highest BCUT2D eigenvalue weighted by Gasteiger charge is 2.44. The lowest BCUT2D eigenvalue weighted by molar-refractivity contribution is -0.302. The van der Waals surface area contributed by atoms with E-state index in [9.17, 15) is 30.3 Å². The lowest BCUT2D eigenvalue weighted by Crippen LogP contribution is -2.60. The highest BCUT2D eigenvalue weighted by atomic mass is 16.7. The average Bonchev–Trinajstić information content (AvgIpc) is 3.29. The Morgan fingerprint density at radius 1 is 0.516 bits per heavy atom. The molecule has 0 saturated carbocycles. The van der Waals surface area contributed by atoms with E-state index in [1.165, 1.54) is 218 Å². The molecule has 380 valence electrons. The SMILES string of the molecule is CCCCCCCCCCCCC/C=C/C(O)C(COC1OC(CO)C(O)C(O)C1O)NC(=O)CCCCCCCCCCCCCCCCCCCCCCCCCCCCCC. The molecule has 1 aliphatic rings. The maximum atomic E-state index is 13.0. The Hall–Kier alpha value is -1.07. The molecule has 0 aromatic heterocycles. The maximum absolute atomic E-state index is 13.0. The Bertz CT molecular complexity index is 1010. The highest BCUT2D eigenvalue weighted by Crippen LogP contribution is 2.23. The minimum Gasteiger partial charge on any atom is -0.394 e. The Balaban J connectivity index is 2.15. The normalized spacial score (nSPS) is 20.0. The van der Waals surface area contributed by atoms with Gasteiger partial charge in [-0.25, -0.2) is 0 Å². The van der Waals surface area contributed by atoms with Crippen LogP contribution in [-0.2, 0) is 14.3 Å². The van der Waals surface area contributed by atoms with Crippen molar-refractivity contribution in [1.29, 1.82) is 0 Å². The summed E-state index contributed by atoms with van der Waals surface area (Å²) in [6.07, 6.45) is 48.6. The first-order valence-corrected chi connectivity index (χ1v) is 27.9. The van der Waals surface area contributed by atoms with Crippen LogP contribution in [0.15, 0.2) is 12.2 Å². The standard InChI is InChI=1S/C55H107NO8/c1-3-5-7-9-11-13-15-17-18-19-20-21-22-23-24-25-26-27-28-29-30-31-33-35-37-39-41-43-45-51(59)56-48(47-63-55-54(62)53(61)52(60)50(46-57)64-55)49(58)44-42-40-38-36-34-32-16-14-12-10-8-6-4-2/h42,44,48-50,52-55,57-58,60-62H,3-41,43,45-47H2,1-2H3,(H,56,59)/b44-42+. The number of aliphatic hydroxyl groups excluding tert-OH is 5. The van der Waals surface area contributed by atoms with Gasteiger partial charge in [-0.2, -0.15) is 0 Å². The zero-order valence-electron chi connectivity index (χ0n) is 42.1. The Labute approximate surface area is 395 Å². The van der Waals surface area contributed by atoms with E-state index < -0.39 is 49.5 Å². The molecule has 0 aromatic carbocycles. The molecular weight excluding hydrogens is 803 g/mol. The van der Waals surface area contributed by atoms with E-state index in [4.69, 9.17) is 9.47 Å². The summed E-state index contributed by atoms with van der Waals surface area (Å²) in [7, 11) is 0. The minimum atomic E-state index is -1.56. The predicted molar refractivity (Wildman–Crippen MR) is 267 cm³/mol. The van der Waals surface area contributed by atoms with Gasteiger partial charge in [0.25, 0.3) is 0 Å². The van der Waals surface area contributed by atoms with Gasteiger partial charge in [-0.05, 0) is 19.3 Å². The number of amides is 1. The second-order valence-electron chi connectivity index (χ2n) is 19.7. The second-order valence-corrected chi connectivity index (χ2v) is 19.7. The van der Waals surface area contributed by atoms with Crippen LogP contribution in [0.1, 0.15) is 277 Å². The summed E-state index contributed by atoms with van der Waals surface area (Å²) < 4.78 is 11.2. The van der Waals surface area contributed by atoms with E-state index in [0.29, 0.717) is 6.42 Å². The molecule has 64 heavy (non-hydrogen) atoms. The van der Waals surface area contributed by atoms with Crippen LogP contribution < -0.4 is 5.32 Å². The van der Waals surface area contributed by atoms with Gasteiger partial charge in [0.2, 0.25) is 5.91 Å². The summed E-state index contributed by atoms with van der Waals surface area (Å²) in [6.45, 7) is 3.80. The fraction of sp³-hybridized carbons (Fsp3) is 0.945. The van der Waals surface area contributed by atoms with Crippen molar-refractivity contribution in [3.05, 3.63) is 12.2 Å². The largest absolute Gasteiger partial charge is 0.394 e. The average molecular weight is 910 g/mol. The molecule has 0 aliphatic carbocycles. The summed E-state index contributed by atoms with van der Waals surface area (Å²) in [6, 6.07) is -0.799. The van der Waals surface area contributed by atoms with Crippen molar-refractivity contribution in [3.8, 4) is 0 Å². The van der Waals surface area contributed by atoms with Crippen molar-refractivity contribution >= 4 is 5.91 Å². The summed E-state index contributed by atoms with van der Waals surface area (Å²) in [4.78, 5) is 13.0. The number of rotatable bonds is 48. The minimum absolute atomic E-state index is 0.171. The number of carbonyl (C=O) groups excluding carboxylic acids is 1. The van der Waals surface area contributed by atoms with E-state index >= 15 is 0 Å². The lowest BCUT2D eigenvalue weighted by Gasteiger charge is -2.40. The molecule has 9 heteroatoms. The topological polar surface area (TPSA) is 149 Å². The maximum Gasteiger partial charge on any atom is 0.220 e. The number of unbranched alkanes of at least 4 members (excludes halogenated alkanes) is 38. The quantitative estimate of drug-likeness (QED) is 0.0261. The van der Waals surface area contributed by atoms with Gasteiger partial charge < -0.3 is 40.3 Å². The first-order chi connectivity index (χ1) is 31.3. The first-order valence-electron chi connectivity index (χ1n) is 27.9. The van der Waals surface area contributed by atoms with Gasteiger partial charge in [-0.1, -0.05) is 264 Å². The van der Waals surface area contributed by atoms with Gasteiger partial charge in [-0.15, -0.1) is 0 Å². The number of carbonyl (C=O) groups is 1. The van der Waals surface area contributed by atoms with E-state index in [2.05, 4.69) is 19.2 Å². The molecule has 0 radical (unpaired) electrons. The fourth-order valence-corrected chi connectivity index (χ4v) is 9.16. The third-order valence-corrected chi connectivity index (χ3v) is 13.6. The summed E-state index contributed by atoms with van der Waals surface area (Å²) in [5.41, 5.74) is 0. The Morgan fingerprint density at radius 3 is 1.22 bits per heavy atom. The van der Waals surface area contributed by atoms with Crippen molar-refractivity contribution in [1.82, 2.24) is 5.32 Å². The van der Waals surface area contributed by atoms with Crippen LogP contribution in [-0.4, -0.2) is 87.5 Å². The van der Waals surface area contributed by atoms with Crippen molar-refractivity contribution < 1.29 is 39.8 Å². The highest BCUT2D eigenvalue weighted by molar-refractivity contribution is 5.76. The molecule has 6 N–H and O–H groups in total. The molecule has 9 nitrogen and oxygen atoms in total. The van der Waals surface area contributed by atoms with Crippen LogP contribution in [0.5, 0.6) is 0 Å². The molecule has 1 aliphatic heterocycles. The van der Waals surface area contributed by atoms with Crippen molar-refractivity contribution in [3.63, 3.8) is 0 Å². The van der Waals surface area contributed by atoms with Crippen molar-refractivity contribution in [2.45, 2.75) is 320 Å². The van der Waals surface area contributed by atoms with Gasteiger partial charge in [0, 0.05) is 6.42 Å². The molecule has 0 spiro atoms. The molecule has 7 atom stereocenters. The summed E-state index contributed by atoms with van der Waals surface area (Å²) >= 11 is 0.